The molecule has 0 saturated carbocycles. The number of hydrogen-bond acceptors (Lipinski definition) is 9. The minimum absolute atomic E-state index is 0.0334. The van der Waals surface area contributed by atoms with Gasteiger partial charge in [-0.05, 0) is 18.4 Å². The van der Waals surface area contributed by atoms with Crippen molar-refractivity contribution < 1.29 is 9.47 Å². The van der Waals surface area contributed by atoms with Crippen LogP contribution in [0, 0.1) is 0 Å². The van der Waals surface area contributed by atoms with Crippen molar-refractivity contribution in [3.63, 3.8) is 0 Å². The van der Waals surface area contributed by atoms with Crippen molar-refractivity contribution in [3.05, 3.63) is 35.9 Å². The van der Waals surface area contributed by atoms with Gasteiger partial charge in [0.05, 0.1) is 26.5 Å². The third-order valence-electron chi connectivity index (χ3n) is 7.40. The highest BCUT2D eigenvalue weighted by Crippen LogP contribution is 2.48. The van der Waals surface area contributed by atoms with Gasteiger partial charge in [-0.25, -0.2) is 10.0 Å². The molecule has 174 valence electrons. The lowest BCUT2D eigenvalue weighted by Gasteiger charge is -2.49. The maximum absolute atomic E-state index is 6.39. The van der Waals surface area contributed by atoms with Gasteiger partial charge in [-0.1, -0.05) is 30.3 Å². The Balaban J connectivity index is 1.52. The third kappa shape index (κ3) is 3.43. The fourth-order valence-electron chi connectivity index (χ4n) is 5.93. The molecular weight excluding hydrogens is 406 g/mol. The summed E-state index contributed by atoms with van der Waals surface area (Å²) in [4.78, 5) is 10.7. The number of morpholine rings is 1. The fraction of sp³-hybridized carbons (Fsp3) is 0.696. The normalized spacial score (nSPS) is 34.6. The van der Waals surface area contributed by atoms with Gasteiger partial charge in [-0.3, -0.25) is 20.5 Å². The van der Waals surface area contributed by atoms with Crippen LogP contribution in [0.25, 0.3) is 0 Å². The molecule has 4 saturated heterocycles. The zero-order chi connectivity index (χ0) is 21.4. The van der Waals surface area contributed by atoms with Gasteiger partial charge in [0.2, 0.25) is 5.96 Å². The van der Waals surface area contributed by atoms with Crippen LogP contribution in [0.4, 0.5) is 0 Å². The second-order valence-electron chi connectivity index (χ2n) is 9.24. The molecule has 9 nitrogen and oxygen atoms in total. The number of aliphatic imine (C=N–C) groups is 1. The minimum atomic E-state index is -0.509. The number of ether oxygens (including phenoxy) is 2. The third-order valence-corrected chi connectivity index (χ3v) is 7.40. The minimum Gasteiger partial charge on any atom is -0.379 e. The highest BCUT2D eigenvalue weighted by Gasteiger charge is 2.61. The monoisotopic (exact) mass is 441 g/mol. The second kappa shape index (κ2) is 8.89. The number of nitrogens with one attached hydrogen (secondary N) is 2. The molecule has 3 atom stereocenters. The summed E-state index contributed by atoms with van der Waals surface area (Å²) in [5, 5.41) is 12.1. The first-order valence-corrected chi connectivity index (χ1v) is 12.2. The van der Waals surface area contributed by atoms with Gasteiger partial charge in [0, 0.05) is 45.8 Å². The number of hydrogen-bond donors (Lipinski definition) is 2. The first-order valence-electron chi connectivity index (χ1n) is 12.2. The van der Waals surface area contributed by atoms with Crippen molar-refractivity contribution in [1.82, 2.24) is 30.5 Å². The summed E-state index contributed by atoms with van der Waals surface area (Å²) in [6.07, 6.45) is 2.29. The van der Waals surface area contributed by atoms with Gasteiger partial charge in [0.1, 0.15) is 12.3 Å². The number of likely N-dealkylation sites (tertiary alicyclic amines) is 1. The Morgan fingerprint density at radius 1 is 0.938 bits per heavy atom. The van der Waals surface area contributed by atoms with Crippen molar-refractivity contribution in [2.24, 2.45) is 4.99 Å². The molecule has 9 heteroatoms. The Morgan fingerprint density at radius 3 is 2.44 bits per heavy atom. The van der Waals surface area contributed by atoms with Gasteiger partial charge in [0.25, 0.3) is 0 Å². The van der Waals surface area contributed by atoms with Crippen molar-refractivity contribution in [2.45, 2.75) is 30.8 Å². The molecule has 0 spiro atoms. The van der Waals surface area contributed by atoms with Crippen LogP contribution in [-0.4, -0.2) is 110 Å². The van der Waals surface area contributed by atoms with E-state index in [1.165, 1.54) is 18.4 Å². The Labute approximate surface area is 190 Å². The Morgan fingerprint density at radius 2 is 1.75 bits per heavy atom. The van der Waals surface area contributed by atoms with Crippen molar-refractivity contribution >= 4 is 5.96 Å². The Bertz CT molecular complexity index is 782. The maximum Gasteiger partial charge on any atom is 0.215 e. The molecule has 5 aliphatic rings. The van der Waals surface area contributed by atoms with E-state index in [0.717, 1.165) is 78.3 Å². The standard InChI is InChI=1S/C23H35N7O2/c1-2-6-19(7-3-1)20-23(21-25-9-15-32-21,28-10-4-5-11-28)26-22(27-12-8-24-18-27)30(20)29-13-16-31-17-14-29/h1-3,6-7,20-21,24-25H,4-5,8-18H2. The van der Waals surface area contributed by atoms with E-state index in [-0.39, 0.29) is 12.3 Å². The molecule has 32 heavy (non-hydrogen) atoms. The molecule has 2 N–H and O–H groups in total. The van der Waals surface area contributed by atoms with Crippen molar-refractivity contribution in [2.75, 3.05) is 72.3 Å². The summed E-state index contributed by atoms with van der Waals surface area (Å²) in [6, 6.07) is 11.0. The second-order valence-corrected chi connectivity index (χ2v) is 9.24. The highest BCUT2D eigenvalue weighted by molar-refractivity contribution is 5.83. The summed E-state index contributed by atoms with van der Waals surface area (Å²) >= 11 is 0. The molecule has 0 bridgehead atoms. The number of benzene rings is 1. The molecule has 0 aliphatic carbocycles. The molecule has 5 aliphatic heterocycles. The molecule has 1 aromatic carbocycles. The fourth-order valence-corrected chi connectivity index (χ4v) is 5.93. The van der Waals surface area contributed by atoms with E-state index in [1.54, 1.807) is 0 Å². The SMILES string of the molecule is c1ccc(C2N(N3CCOCC3)C(N3CCNC3)=NC2(C2NCCO2)N2CCCC2)cc1. The van der Waals surface area contributed by atoms with Gasteiger partial charge in [-0.15, -0.1) is 0 Å². The van der Waals surface area contributed by atoms with Crippen molar-refractivity contribution in [1.29, 1.82) is 0 Å². The lowest BCUT2D eigenvalue weighted by atomic mass is 9.90. The molecule has 0 amide bonds. The molecule has 5 heterocycles. The van der Waals surface area contributed by atoms with Crippen LogP contribution in [0.1, 0.15) is 24.4 Å². The van der Waals surface area contributed by atoms with E-state index in [2.05, 4.69) is 60.8 Å². The summed E-state index contributed by atoms with van der Waals surface area (Å²) in [5.74, 6) is 1.06. The Hall–Kier alpha value is -1.75. The van der Waals surface area contributed by atoms with Crippen LogP contribution < -0.4 is 10.6 Å². The van der Waals surface area contributed by atoms with Crippen LogP contribution in [0.5, 0.6) is 0 Å². The van der Waals surface area contributed by atoms with E-state index < -0.39 is 5.66 Å². The molecule has 3 unspecified atom stereocenters. The van der Waals surface area contributed by atoms with Crippen LogP contribution in [0.3, 0.4) is 0 Å². The molecule has 4 fully saturated rings. The first kappa shape index (κ1) is 20.8. The summed E-state index contributed by atoms with van der Waals surface area (Å²) in [5.41, 5.74) is 0.777. The van der Waals surface area contributed by atoms with Gasteiger partial charge in [-0.2, -0.15) is 0 Å². The lowest BCUT2D eigenvalue weighted by Crippen LogP contribution is -2.64. The highest BCUT2D eigenvalue weighted by atomic mass is 16.5. The molecule has 0 aromatic heterocycles. The summed E-state index contributed by atoms with van der Waals surface area (Å²) in [6.45, 7) is 9.74. The number of hydrazine groups is 1. The number of guanidine groups is 1. The summed E-state index contributed by atoms with van der Waals surface area (Å²) < 4.78 is 12.1. The first-order chi connectivity index (χ1) is 15.9. The van der Waals surface area contributed by atoms with E-state index in [0.29, 0.717) is 0 Å². The quantitative estimate of drug-likeness (QED) is 0.689. The van der Waals surface area contributed by atoms with E-state index in [4.69, 9.17) is 14.5 Å². The average molecular weight is 442 g/mol. The van der Waals surface area contributed by atoms with Gasteiger partial charge in [0.15, 0.2) is 5.66 Å². The van der Waals surface area contributed by atoms with Crippen LogP contribution in [0.2, 0.25) is 0 Å². The van der Waals surface area contributed by atoms with E-state index >= 15 is 0 Å². The largest absolute Gasteiger partial charge is 0.379 e. The molecular formula is C23H35N7O2. The van der Waals surface area contributed by atoms with E-state index in [9.17, 15) is 0 Å². The van der Waals surface area contributed by atoms with Crippen LogP contribution in [-0.2, 0) is 9.47 Å². The zero-order valence-electron chi connectivity index (χ0n) is 18.8. The van der Waals surface area contributed by atoms with Crippen molar-refractivity contribution in [3.8, 4) is 0 Å². The van der Waals surface area contributed by atoms with Crippen LogP contribution in [0.15, 0.2) is 35.3 Å². The molecule has 6 rings (SSSR count). The average Bonchev–Trinajstić information content (AvgIpc) is 3.65. The zero-order valence-corrected chi connectivity index (χ0v) is 18.8. The number of nitrogens with zero attached hydrogens (tertiary/aromatic N) is 5. The van der Waals surface area contributed by atoms with Gasteiger partial charge < -0.3 is 14.4 Å². The predicted octanol–water partition coefficient (Wildman–Crippen LogP) is 0.247. The van der Waals surface area contributed by atoms with Crippen LogP contribution >= 0.6 is 0 Å². The molecule has 1 aromatic rings. The van der Waals surface area contributed by atoms with Gasteiger partial charge >= 0.3 is 0 Å². The predicted molar refractivity (Wildman–Crippen MR) is 122 cm³/mol. The smallest absolute Gasteiger partial charge is 0.215 e. The number of rotatable bonds is 4. The maximum atomic E-state index is 6.39. The molecule has 0 radical (unpaired) electrons. The topological polar surface area (TPSA) is 67.8 Å². The Kier molecular flexibility index (Phi) is 5.78. The van der Waals surface area contributed by atoms with E-state index in [1.807, 2.05) is 0 Å². The summed E-state index contributed by atoms with van der Waals surface area (Å²) in [7, 11) is 0. The lowest BCUT2D eigenvalue weighted by molar-refractivity contribution is -0.125.